The summed E-state index contributed by atoms with van der Waals surface area (Å²) in [6, 6.07) is 5.27. The van der Waals surface area contributed by atoms with Crippen molar-refractivity contribution in [2.24, 2.45) is 0 Å². The van der Waals surface area contributed by atoms with Gasteiger partial charge in [-0.1, -0.05) is 0 Å². The number of carbonyl (C=O) groups excluding carboxylic acids is 1. The van der Waals surface area contributed by atoms with Crippen LogP contribution in [0.15, 0.2) is 53.0 Å². The summed E-state index contributed by atoms with van der Waals surface area (Å²) in [5.74, 6) is -0.286. The molecule has 0 spiro atoms. The molecule has 0 fully saturated rings. The molecule has 1 N–H and O–H groups in total. The number of anilines is 1. The van der Waals surface area contributed by atoms with E-state index in [9.17, 15) is 4.79 Å². The molecule has 3 heterocycles. The lowest BCUT2D eigenvalue weighted by molar-refractivity contribution is 0.102. The van der Waals surface area contributed by atoms with Crippen molar-refractivity contribution in [3.63, 3.8) is 0 Å². The van der Waals surface area contributed by atoms with Crippen LogP contribution in [0.1, 0.15) is 15.4 Å². The highest BCUT2D eigenvalue weighted by molar-refractivity contribution is 7.99. The van der Waals surface area contributed by atoms with Crippen LogP contribution in [0.5, 0.6) is 0 Å². The minimum atomic E-state index is -0.286. The molecule has 0 saturated heterocycles. The maximum absolute atomic E-state index is 12.2. The van der Waals surface area contributed by atoms with E-state index < -0.39 is 0 Å². The lowest BCUT2D eigenvalue weighted by atomic mass is 10.3. The Hall–Kier alpha value is -2.32. The van der Waals surface area contributed by atoms with E-state index >= 15 is 0 Å². The van der Waals surface area contributed by atoms with Gasteiger partial charge in [-0.05, 0) is 36.9 Å². The normalized spacial score (nSPS) is 10.4. The average molecular weight is 329 g/mol. The monoisotopic (exact) mass is 329 g/mol. The van der Waals surface area contributed by atoms with Crippen LogP contribution in [0.4, 0.5) is 5.13 Å². The van der Waals surface area contributed by atoms with Gasteiger partial charge < -0.3 is 0 Å². The third-order valence-corrected chi connectivity index (χ3v) is 4.27. The molecule has 3 aromatic rings. The Kier molecular flexibility index (Phi) is 4.40. The number of hydrogen-bond donors (Lipinski definition) is 1. The van der Waals surface area contributed by atoms with E-state index in [0.717, 1.165) is 9.77 Å². The predicted molar refractivity (Wildman–Crippen MR) is 85.2 cm³/mol. The van der Waals surface area contributed by atoms with Crippen molar-refractivity contribution in [2.45, 2.75) is 17.0 Å². The average Bonchev–Trinajstić information content (AvgIpc) is 2.93. The molecular weight excluding hydrogens is 318 g/mol. The van der Waals surface area contributed by atoms with Gasteiger partial charge >= 0.3 is 0 Å². The Morgan fingerprint density at radius 3 is 2.73 bits per heavy atom. The van der Waals surface area contributed by atoms with E-state index in [0.29, 0.717) is 16.0 Å². The zero-order valence-corrected chi connectivity index (χ0v) is 13.2. The van der Waals surface area contributed by atoms with E-state index in [1.807, 2.05) is 13.0 Å². The molecule has 1 amide bonds. The molecule has 6 nitrogen and oxygen atoms in total. The summed E-state index contributed by atoms with van der Waals surface area (Å²) in [7, 11) is 0. The smallest absolute Gasteiger partial charge is 0.276 e. The van der Waals surface area contributed by atoms with Crippen LogP contribution in [0.2, 0.25) is 0 Å². The standard InChI is InChI=1S/C14H11N5OS2/c1-9-8-18-14(21-9)19-12(20)11-7-10(3-6-15-11)22-13-16-4-2-5-17-13/h2-8H,1H3,(H,18,19,20). The molecular formula is C14H11N5OS2. The molecule has 0 saturated carbocycles. The Balaban J connectivity index is 1.74. The number of carbonyl (C=O) groups is 1. The minimum Gasteiger partial charge on any atom is -0.296 e. The summed E-state index contributed by atoms with van der Waals surface area (Å²) in [5, 5.41) is 3.92. The van der Waals surface area contributed by atoms with Crippen LogP contribution in [-0.4, -0.2) is 25.8 Å². The maximum Gasteiger partial charge on any atom is 0.276 e. The van der Waals surface area contributed by atoms with Gasteiger partial charge in [0.25, 0.3) is 5.91 Å². The summed E-state index contributed by atoms with van der Waals surface area (Å²) in [4.78, 5) is 30.5. The summed E-state index contributed by atoms with van der Waals surface area (Å²) < 4.78 is 0. The molecule has 3 aromatic heterocycles. The van der Waals surface area contributed by atoms with Crippen LogP contribution in [0, 0.1) is 6.92 Å². The summed E-state index contributed by atoms with van der Waals surface area (Å²) in [6.07, 6.45) is 6.66. The van der Waals surface area contributed by atoms with Crippen LogP contribution in [0.25, 0.3) is 0 Å². The Bertz CT molecular complexity index is 791. The van der Waals surface area contributed by atoms with Crippen molar-refractivity contribution >= 4 is 34.1 Å². The van der Waals surface area contributed by atoms with Crippen LogP contribution < -0.4 is 5.32 Å². The SMILES string of the molecule is Cc1cnc(NC(=O)c2cc(Sc3ncccn3)ccn2)s1. The first-order valence-electron chi connectivity index (χ1n) is 6.35. The molecule has 8 heteroatoms. The van der Waals surface area contributed by atoms with Crippen LogP contribution >= 0.6 is 23.1 Å². The Morgan fingerprint density at radius 2 is 2.00 bits per heavy atom. The van der Waals surface area contributed by atoms with Gasteiger partial charge in [-0.15, -0.1) is 11.3 Å². The molecule has 0 unspecified atom stereocenters. The second kappa shape index (κ2) is 6.63. The quantitative estimate of drug-likeness (QED) is 0.741. The fourth-order valence-electron chi connectivity index (χ4n) is 1.62. The summed E-state index contributed by atoms with van der Waals surface area (Å²) in [5.41, 5.74) is 0.328. The van der Waals surface area contributed by atoms with Gasteiger partial charge in [-0.3, -0.25) is 15.1 Å². The fourth-order valence-corrected chi connectivity index (χ4v) is 3.01. The summed E-state index contributed by atoms with van der Waals surface area (Å²) >= 11 is 2.80. The first kappa shape index (κ1) is 14.6. The topological polar surface area (TPSA) is 80.7 Å². The third-order valence-electron chi connectivity index (χ3n) is 2.56. The van der Waals surface area contributed by atoms with Crippen molar-refractivity contribution in [3.8, 4) is 0 Å². The molecule has 22 heavy (non-hydrogen) atoms. The van der Waals surface area contributed by atoms with Crippen molar-refractivity contribution < 1.29 is 4.79 Å². The van der Waals surface area contributed by atoms with Gasteiger partial charge in [0, 0.05) is 34.6 Å². The van der Waals surface area contributed by atoms with Crippen molar-refractivity contribution in [1.29, 1.82) is 0 Å². The van der Waals surface area contributed by atoms with Crippen LogP contribution in [0.3, 0.4) is 0 Å². The molecule has 0 bridgehead atoms. The highest BCUT2D eigenvalue weighted by atomic mass is 32.2. The van der Waals surface area contributed by atoms with Crippen molar-refractivity contribution in [2.75, 3.05) is 5.32 Å². The van der Waals surface area contributed by atoms with Crippen LogP contribution in [-0.2, 0) is 0 Å². The lowest BCUT2D eigenvalue weighted by Crippen LogP contribution is -2.13. The van der Waals surface area contributed by atoms with Gasteiger partial charge in [0.1, 0.15) is 5.69 Å². The molecule has 0 aliphatic heterocycles. The molecule has 0 aliphatic rings. The van der Waals surface area contributed by atoms with E-state index in [-0.39, 0.29) is 5.91 Å². The van der Waals surface area contributed by atoms with Gasteiger partial charge in [0.15, 0.2) is 10.3 Å². The highest BCUT2D eigenvalue weighted by Gasteiger charge is 2.11. The number of thiazole rings is 1. The van der Waals surface area contributed by atoms with E-state index in [1.54, 1.807) is 36.9 Å². The zero-order chi connectivity index (χ0) is 15.4. The number of rotatable bonds is 4. The summed E-state index contributed by atoms with van der Waals surface area (Å²) in [6.45, 7) is 1.93. The number of nitrogens with one attached hydrogen (secondary N) is 1. The number of aromatic nitrogens is 4. The van der Waals surface area contributed by atoms with Gasteiger partial charge in [0.2, 0.25) is 0 Å². The molecule has 0 aromatic carbocycles. The van der Waals surface area contributed by atoms with E-state index in [2.05, 4.69) is 25.3 Å². The Morgan fingerprint density at radius 1 is 1.18 bits per heavy atom. The third kappa shape index (κ3) is 3.66. The predicted octanol–water partition coefficient (Wildman–Crippen LogP) is 3.04. The second-order valence-electron chi connectivity index (χ2n) is 4.24. The van der Waals surface area contributed by atoms with Crippen molar-refractivity contribution in [1.82, 2.24) is 19.9 Å². The molecule has 0 radical (unpaired) electrons. The lowest BCUT2D eigenvalue weighted by Gasteiger charge is -2.03. The van der Waals surface area contributed by atoms with E-state index in [4.69, 9.17) is 0 Å². The maximum atomic E-state index is 12.2. The second-order valence-corrected chi connectivity index (χ2v) is 6.52. The number of hydrogen-bond acceptors (Lipinski definition) is 7. The highest BCUT2D eigenvalue weighted by Crippen LogP contribution is 2.24. The fraction of sp³-hybridized carbons (Fsp3) is 0.0714. The molecule has 0 atom stereocenters. The molecule has 3 rings (SSSR count). The number of pyridine rings is 1. The molecule has 0 aliphatic carbocycles. The molecule has 110 valence electrons. The zero-order valence-electron chi connectivity index (χ0n) is 11.6. The number of nitrogens with zero attached hydrogens (tertiary/aromatic N) is 4. The van der Waals surface area contributed by atoms with Gasteiger partial charge in [-0.25, -0.2) is 15.0 Å². The first-order chi connectivity index (χ1) is 10.7. The largest absolute Gasteiger partial charge is 0.296 e. The minimum absolute atomic E-state index is 0.286. The van der Waals surface area contributed by atoms with E-state index in [1.165, 1.54) is 23.1 Å². The van der Waals surface area contributed by atoms with Gasteiger partial charge in [0.05, 0.1) is 0 Å². The number of amides is 1. The first-order valence-corrected chi connectivity index (χ1v) is 7.99. The Labute approximate surface area is 135 Å². The van der Waals surface area contributed by atoms with Gasteiger partial charge in [-0.2, -0.15) is 0 Å². The number of aryl methyl sites for hydroxylation is 1. The van der Waals surface area contributed by atoms with Crippen molar-refractivity contribution in [3.05, 3.63) is 53.6 Å².